The minimum atomic E-state index is -0.483. The number of halogens is 1. The first kappa shape index (κ1) is 16.4. The summed E-state index contributed by atoms with van der Waals surface area (Å²) in [5, 5.41) is 10.7. The molecule has 0 aromatic heterocycles. The van der Waals surface area contributed by atoms with E-state index in [0.717, 1.165) is 0 Å². The number of alkyl halides is 1. The summed E-state index contributed by atoms with van der Waals surface area (Å²) in [6.07, 6.45) is 0. The van der Waals surface area contributed by atoms with Crippen LogP contribution < -0.4 is 0 Å². The highest BCUT2D eigenvalue weighted by Crippen LogP contribution is 2.18. The molecule has 0 saturated carbocycles. The lowest BCUT2D eigenvalue weighted by Gasteiger charge is -2.22. The number of amides is 1. The average molecular weight is 301 g/mol. The van der Waals surface area contributed by atoms with Crippen LogP contribution >= 0.6 is 11.6 Å². The van der Waals surface area contributed by atoms with E-state index in [2.05, 4.69) is 0 Å². The number of nitro benzene ring substituents is 1. The van der Waals surface area contributed by atoms with E-state index in [9.17, 15) is 14.9 Å². The quantitative estimate of drug-likeness (QED) is 0.440. The maximum atomic E-state index is 12.4. The van der Waals surface area contributed by atoms with Crippen molar-refractivity contribution in [2.75, 3.05) is 32.7 Å². The van der Waals surface area contributed by atoms with Gasteiger partial charge in [-0.15, -0.1) is 11.6 Å². The molecule has 1 aromatic rings. The summed E-state index contributed by atoms with van der Waals surface area (Å²) in [4.78, 5) is 24.2. The molecule has 6 nitrogen and oxygen atoms in total. The van der Waals surface area contributed by atoms with Gasteiger partial charge >= 0.3 is 0 Å². The average Bonchev–Trinajstić information content (AvgIpc) is 2.42. The third-order valence-electron chi connectivity index (χ3n) is 2.86. The smallest absolute Gasteiger partial charge is 0.269 e. The number of nitrogens with zero attached hydrogens (tertiary/aromatic N) is 2. The Kier molecular flexibility index (Phi) is 6.41. The maximum absolute atomic E-state index is 12.4. The van der Waals surface area contributed by atoms with Crippen LogP contribution in [0.25, 0.3) is 0 Å². The molecule has 20 heavy (non-hydrogen) atoms. The van der Waals surface area contributed by atoms with Gasteiger partial charge in [0.25, 0.3) is 11.6 Å². The van der Waals surface area contributed by atoms with Gasteiger partial charge in [-0.25, -0.2) is 0 Å². The molecule has 0 spiro atoms. The minimum absolute atomic E-state index is 0.0279. The van der Waals surface area contributed by atoms with Crippen molar-refractivity contribution in [2.45, 2.75) is 6.92 Å². The standard InChI is InChI=1S/C13H17ClN2O4/c1-10-9-11(16(18)19)3-4-12(10)13(17)15(6-5-14)7-8-20-2/h3-4,9H,5-8H2,1-2H3. The maximum Gasteiger partial charge on any atom is 0.269 e. The molecule has 0 bridgehead atoms. The second-order valence-corrected chi connectivity index (χ2v) is 4.61. The molecule has 110 valence electrons. The summed E-state index contributed by atoms with van der Waals surface area (Å²) in [5.41, 5.74) is 0.984. The van der Waals surface area contributed by atoms with Gasteiger partial charge in [0.1, 0.15) is 0 Å². The zero-order valence-corrected chi connectivity index (χ0v) is 12.2. The van der Waals surface area contributed by atoms with Crippen LogP contribution in [0.4, 0.5) is 5.69 Å². The molecule has 0 saturated heterocycles. The van der Waals surface area contributed by atoms with E-state index in [1.807, 2.05) is 0 Å². The molecule has 0 atom stereocenters. The Labute approximate surface area is 122 Å². The second kappa shape index (κ2) is 7.81. The van der Waals surface area contributed by atoms with Crippen molar-refractivity contribution in [1.82, 2.24) is 4.90 Å². The zero-order valence-electron chi connectivity index (χ0n) is 11.5. The Balaban J connectivity index is 2.96. The van der Waals surface area contributed by atoms with Crippen molar-refractivity contribution >= 4 is 23.2 Å². The first-order chi connectivity index (χ1) is 9.51. The van der Waals surface area contributed by atoms with E-state index < -0.39 is 4.92 Å². The van der Waals surface area contributed by atoms with Crippen LogP contribution in [0.1, 0.15) is 15.9 Å². The third-order valence-corrected chi connectivity index (χ3v) is 3.03. The number of ether oxygens (including phenoxy) is 1. The van der Waals surface area contributed by atoms with Crippen molar-refractivity contribution in [3.63, 3.8) is 0 Å². The van der Waals surface area contributed by atoms with Crippen molar-refractivity contribution in [1.29, 1.82) is 0 Å². The zero-order chi connectivity index (χ0) is 15.1. The lowest BCUT2D eigenvalue weighted by atomic mass is 10.1. The van der Waals surface area contributed by atoms with Crippen molar-refractivity contribution in [3.8, 4) is 0 Å². The molecule has 0 unspecified atom stereocenters. The summed E-state index contributed by atoms with van der Waals surface area (Å²) in [7, 11) is 1.56. The SMILES string of the molecule is COCCN(CCCl)C(=O)c1ccc([N+](=O)[O-])cc1C. The highest BCUT2D eigenvalue weighted by atomic mass is 35.5. The summed E-state index contributed by atoms with van der Waals surface area (Å²) in [6, 6.07) is 4.20. The van der Waals surface area contributed by atoms with Crippen LogP contribution in [0.15, 0.2) is 18.2 Å². The van der Waals surface area contributed by atoms with Crippen LogP contribution in [0.5, 0.6) is 0 Å². The monoisotopic (exact) mass is 300 g/mol. The van der Waals surface area contributed by atoms with Crippen LogP contribution in [0.3, 0.4) is 0 Å². The van der Waals surface area contributed by atoms with Gasteiger partial charge in [0.15, 0.2) is 0 Å². The molecule has 0 radical (unpaired) electrons. The fraction of sp³-hybridized carbons (Fsp3) is 0.462. The predicted octanol–water partition coefficient (Wildman–Crippen LogP) is 2.23. The van der Waals surface area contributed by atoms with Crippen LogP contribution in [-0.2, 0) is 4.74 Å². The Morgan fingerprint density at radius 1 is 1.45 bits per heavy atom. The first-order valence-electron chi connectivity index (χ1n) is 6.10. The number of non-ortho nitro benzene ring substituents is 1. The molecule has 0 heterocycles. The molecule has 0 aliphatic carbocycles. The van der Waals surface area contributed by atoms with E-state index in [-0.39, 0.29) is 11.6 Å². The van der Waals surface area contributed by atoms with Gasteiger partial charge in [-0.05, 0) is 18.6 Å². The molecule has 0 N–H and O–H groups in total. The van der Waals surface area contributed by atoms with Crippen molar-refractivity contribution in [2.24, 2.45) is 0 Å². The molecule has 1 amide bonds. The number of hydrogen-bond donors (Lipinski definition) is 0. The van der Waals surface area contributed by atoms with Gasteiger partial charge in [0, 0.05) is 43.8 Å². The lowest BCUT2D eigenvalue weighted by molar-refractivity contribution is -0.384. The Morgan fingerprint density at radius 2 is 2.15 bits per heavy atom. The van der Waals surface area contributed by atoms with Gasteiger partial charge in [-0.2, -0.15) is 0 Å². The third kappa shape index (κ3) is 4.18. The molecule has 0 aliphatic heterocycles. The molecule has 1 aromatic carbocycles. The topological polar surface area (TPSA) is 72.7 Å². The van der Waals surface area contributed by atoms with Gasteiger partial charge in [-0.3, -0.25) is 14.9 Å². The minimum Gasteiger partial charge on any atom is -0.383 e. The van der Waals surface area contributed by atoms with E-state index in [4.69, 9.17) is 16.3 Å². The number of carbonyl (C=O) groups excluding carboxylic acids is 1. The van der Waals surface area contributed by atoms with E-state index >= 15 is 0 Å². The van der Waals surface area contributed by atoms with Crippen LogP contribution in [-0.4, -0.2) is 48.4 Å². The van der Waals surface area contributed by atoms with Gasteiger partial charge < -0.3 is 9.64 Å². The molecule has 0 fully saturated rings. The number of aryl methyl sites for hydroxylation is 1. The molecule has 0 aliphatic rings. The number of rotatable bonds is 7. The summed E-state index contributed by atoms with van der Waals surface area (Å²) in [5.74, 6) is 0.122. The second-order valence-electron chi connectivity index (χ2n) is 4.23. The summed E-state index contributed by atoms with van der Waals surface area (Å²) < 4.78 is 4.96. The van der Waals surface area contributed by atoms with Gasteiger partial charge in [-0.1, -0.05) is 0 Å². The highest BCUT2D eigenvalue weighted by Gasteiger charge is 2.19. The molecular weight excluding hydrogens is 284 g/mol. The largest absolute Gasteiger partial charge is 0.383 e. The van der Waals surface area contributed by atoms with Crippen LogP contribution in [0, 0.1) is 17.0 Å². The molecular formula is C13H17ClN2O4. The predicted molar refractivity (Wildman–Crippen MR) is 76.3 cm³/mol. The van der Waals surface area contributed by atoms with Gasteiger partial charge in [0.2, 0.25) is 0 Å². The number of benzene rings is 1. The fourth-order valence-corrected chi connectivity index (χ4v) is 1.99. The van der Waals surface area contributed by atoms with E-state index in [0.29, 0.717) is 36.7 Å². The molecule has 1 rings (SSSR count). The number of hydrogen-bond acceptors (Lipinski definition) is 4. The Hall–Kier alpha value is -1.66. The fourth-order valence-electron chi connectivity index (χ4n) is 1.79. The molecule has 7 heteroatoms. The highest BCUT2D eigenvalue weighted by molar-refractivity contribution is 6.18. The lowest BCUT2D eigenvalue weighted by Crippen LogP contribution is -2.35. The van der Waals surface area contributed by atoms with E-state index in [1.54, 1.807) is 18.9 Å². The summed E-state index contributed by atoms with van der Waals surface area (Å²) >= 11 is 5.69. The number of nitro groups is 1. The number of carbonyl (C=O) groups is 1. The van der Waals surface area contributed by atoms with Crippen LogP contribution in [0.2, 0.25) is 0 Å². The normalized spacial score (nSPS) is 10.3. The van der Waals surface area contributed by atoms with Gasteiger partial charge in [0.05, 0.1) is 11.5 Å². The Morgan fingerprint density at radius 3 is 2.65 bits per heavy atom. The van der Waals surface area contributed by atoms with Crippen molar-refractivity contribution in [3.05, 3.63) is 39.4 Å². The first-order valence-corrected chi connectivity index (χ1v) is 6.64. The number of methoxy groups -OCH3 is 1. The van der Waals surface area contributed by atoms with Crippen molar-refractivity contribution < 1.29 is 14.5 Å². The summed E-state index contributed by atoms with van der Waals surface area (Å²) in [6.45, 7) is 2.92. The Bertz CT molecular complexity index is 493. The van der Waals surface area contributed by atoms with E-state index in [1.165, 1.54) is 18.2 Å².